The van der Waals surface area contributed by atoms with Gasteiger partial charge in [-0.15, -0.1) is 0 Å². The van der Waals surface area contributed by atoms with Crippen LogP contribution in [0.15, 0.2) is 23.4 Å². The molecule has 0 bridgehead atoms. The first-order valence-electron chi connectivity index (χ1n) is 10.7. The summed E-state index contributed by atoms with van der Waals surface area (Å²) in [6.45, 7) is 9.12. The van der Waals surface area contributed by atoms with Crippen LogP contribution in [0, 0.1) is 17.3 Å². The van der Waals surface area contributed by atoms with Gasteiger partial charge in [0.2, 0.25) is 8.32 Å². The number of ether oxygens (including phenoxy) is 1. The molecule has 0 spiro atoms. The summed E-state index contributed by atoms with van der Waals surface area (Å²) in [4.78, 5) is 5.18. The zero-order chi connectivity index (χ0) is 20.1. The van der Waals surface area contributed by atoms with E-state index >= 15 is 0 Å². The van der Waals surface area contributed by atoms with Gasteiger partial charge in [-0.05, 0) is 92.8 Å². The number of fused-ring (bicyclic) bond motifs is 5. The number of methoxy groups -OCH3 is 1. The van der Waals surface area contributed by atoms with E-state index in [0.717, 1.165) is 18.6 Å². The van der Waals surface area contributed by atoms with Gasteiger partial charge < -0.3 is 14.0 Å². The molecule has 1 aromatic carbocycles. The number of benzene rings is 1. The molecule has 0 heterocycles. The maximum atomic E-state index is 6.28. The van der Waals surface area contributed by atoms with Crippen molar-refractivity contribution in [2.75, 3.05) is 14.2 Å². The van der Waals surface area contributed by atoms with Gasteiger partial charge >= 0.3 is 0 Å². The molecule has 28 heavy (non-hydrogen) atoms. The number of nitrogens with zero attached hydrogens (tertiary/aromatic N) is 1. The highest BCUT2D eigenvalue weighted by Crippen LogP contribution is 2.61. The summed E-state index contributed by atoms with van der Waals surface area (Å²) < 4.78 is 12.3. The first-order valence-corrected chi connectivity index (χ1v) is 14.1. The first-order chi connectivity index (χ1) is 13.3. The number of hydrogen-bond acceptors (Lipinski definition) is 4. The van der Waals surface area contributed by atoms with Crippen LogP contribution in [-0.2, 0) is 9.57 Å². The fourth-order valence-electron chi connectivity index (χ4n) is 6.23. The Labute approximate surface area is 170 Å². The molecule has 1 aromatic rings. The first kappa shape index (κ1) is 20.0. The lowest BCUT2D eigenvalue weighted by molar-refractivity contribution is 0.0136. The van der Waals surface area contributed by atoms with E-state index in [2.05, 4.69) is 49.9 Å². The molecular formula is C23H35NO3Si. The molecule has 0 N–H and O–H groups in total. The molecule has 0 aromatic heterocycles. The summed E-state index contributed by atoms with van der Waals surface area (Å²) in [6.07, 6.45) is 5.98. The Morgan fingerprint density at radius 2 is 1.89 bits per heavy atom. The Hall–Kier alpha value is -1.33. The van der Waals surface area contributed by atoms with Crippen molar-refractivity contribution in [2.24, 2.45) is 22.4 Å². The third-order valence-corrected chi connectivity index (χ3v) is 8.23. The molecule has 4 rings (SSSR count). The van der Waals surface area contributed by atoms with Crippen molar-refractivity contribution in [2.45, 2.75) is 70.7 Å². The molecule has 4 nitrogen and oxygen atoms in total. The van der Waals surface area contributed by atoms with Gasteiger partial charge in [0.25, 0.3) is 0 Å². The van der Waals surface area contributed by atoms with E-state index in [1.165, 1.54) is 36.1 Å². The second kappa shape index (κ2) is 7.17. The molecular weight excluding hydrogens is 366 g/mol. The lowest BCUT2D eigenvalue weighted by Gasteiger charge is -2.50. The fourth-order valence-corrected chi connectivity index (χ4v) is 7.07. The van der Waals surface area contributed by atoms with E-state index < -0.39 is 8.32 Å². The maximum absolute atomic E-state index is 6.28. The summed E-state index contributed by atoms with van der Waals surface area (Å²) in [7, 11) is 1.91. The second-order valence-electron chi connectivity index (χ2n) is 10.1. The van der Waals surface area contributed by atoms with Gasteiger partial charge in [0, 0.05) is 12.5 Å². The maximum Gasteiger partial charge on any atom is 0.242 e. The van der Waals surface area contributed by atoms with Crippen LogP contribution in [0.1, 0.15) is 62.2 Å². The molecule has 154 valence electrons. The van der Waals surface area contributed by atoms with Crippen LogP contribution < -0.4 is 4.43 Å². The Morgan fingerprint density at radius 1 is 1.11 bits per heavy atom. The van der Waals surface area contributed by atoms with Gasteiger partial charge in [-0.1, -0.05) is 18.1 Å². The molecule has 5 atom stereocenters. The highest BCUT2D eigenvalue weighted by Gasteiger charge is 2.55. The van der Waals surface area contributed by atoms with Crippen molar-refractivity contribution < 1.29 is 14.0 Å². The number of hydrogen-bond donors (Lipinski definition) is 0. The van der Waals surface area contributed by atoms with Crippen LogP contribution in [0.2, 0.25) is 19.6 Å². The summed E-state index contributed by atoms with van der Waals surface area (Å²) in [5.74, 6) is 2.96. The largest absolute Gasteiger partial charge is 0.544 e. The zero-order valence-electron chi connectivity index (χ0n) is 18.2. The van der Waals surface area contributed by atoms with E-state index in [-0.39, 0.29) is 11.5 Å². The third kappa shape index (κ3) is 3.30. The van der Waals surface area contributed by atoms with Gasteiger partial charge in [-0.2, -0.15) is 0 Å². The molecule has 3 aliphatic carbocycles. The van der Waals surface area contributed by atoms with Crippen molar-refractivity contribution in [1.82, 2.24) is 0 Å². The Balaban J connectivity index is 1.68. The van der Waals surface area contributed by atoms with Crippen molar-refractivity contribution in [3.63, 3.8) is 0 Å². The van der Waals surface area contributed by atoms with Gasteiger partial charge in [0.15, 0.2) is 0 Å². The minimum Gasteiger partial charge on any atom is -0.544 e. The van der Waals surface area contributed by atoms with Crippen molar-refractivity contribution in [3.8, 4) is 5.75 Å². The number of oxime groups is 1. The normalized spacial score (nSPS) is 35.9. The second-order valence-corrected chi connectivity index (χ2v) is 14.5. The third-order valence-electron chi connectivity index (χ3n) is 7.38. The van der Waals surface area contributed by atoms with Gasteiger partial charge in [0.05, 0.1) is 11.8 Å². The van der Waals surface area contributed by atoms with E-state index in [9.17, 15) is 0 Å². The van der Waals surface area contributed by atoms with Crippen LogP contribution in [0.25, 0.3) is 0 Å². The van der Waals surface area contributed by atoms with Gasteiger partial charge in [0.1, 0.15) is 12.9 Å². The summed E-state index contributed by atoms with van der Waals surface area (Å²) in [5, 5.41) is 4.42. The quantitative estimate of drug-likeness (QED) is 0.465. The standard InChI is InChI=1S/C23H35NO3Si/c1-23-12-11-17-16-8-7-15(27-28(4,5)6)13-19(16)21(25-2)14-18(17)20(23)9-10-22(23)24-26-3/h7-8,13,17-18,20-21H,9-12,14H2,1-6H3/b24-22+/t17-,18-,20+,21?,23+/m1/s1. The topological polar surface area (TPSA) is 40.0 Å². The van der Waals surface area contributed by atoms with Crippen LogP contribution >= 0.6 is 0 Å². The molecule has 0 saturated heterocycles. The molecule has 3 aliphatic rings. The minimum absolute atomic E-state index is 0.159. The van der Waals surface area contributed by atoms with E-state index in [1.54, 1.807) is 7.11 Å². The van der Waals surface area contributed by atoms with Gasteiger partial charge in [-0.25, -0.2) is 0 Å². The molecule has 1 unspecified atom stereocenters. The monoisotopic (exact) mass is 401 g/mol. The smallest absolute Gasteiger partial charge is 0.242 e. The van der Waals surface area contributed by atoms with Crippen LogP contribution in [0.5, 0.6) is 5.75 Å². The average molecular weight is 402 g/mol. The van der Waals surface area contributed by atoms with Crippen LogP contribution in [-0.4, -0.2) is 28.2 Å². The summed E-state index contributed by atoms with van der Waals surface area (Å²) in [5.41, 5.74) is 4.31. The average Bonchev–Trinajstić information content (AvgIpc) is 2.96. The van der Waals surface area contributed by atoms with Gasteiger partial charge in [-0.3, -0.25) is 0 Å². The molecule has 5 heteroatoms. The van der Waals surface area contributed by atoms with Crippen molar-refractivity contribution in [1.29, 1.82) is 0 Å². The Bertz CT molecular complexity index is 772. The Kier molecular flexibility index (Phi) is 5.11. The lowest BCUT2D eigenvalue weighted by Crippen LogP contribution is -2.43. The molecule has 0 amide bonds. The molecule has 2 fully saturated rings. The van der Waals surface area contributed by atoms with E-state index in [4.69, 9.17) is 14.0 Å². The number of rotatable bonds is 4. The Morgan fingerprint density at radius 3 is 2.57 bits per heavy atom. The predicted octanol–water partition coefficient (Wildman–Crippen LogP) is 5.90. The van der Waals surface area contributed by atoms with E-state index in [0.29, 0.717) is 17.8 Å². The SMILES string of the molecule is CO/N=C1\CC[C@H]2[C@@H]3CC(OC)c4cc(O[Si](C)(C)C)ccc4[C@H]3CC[C@]12C. The summed E-state index contributed by atoms with van der Waals surface area (Å²) >= 11 is 0. The van der Waals surface area contributed by atoms with Crippen LogP contribution in [0.3, 0.4) is 0 Å². The fraction of sp³-hybridized carbons (Fsp3) is 0.696. The van der Waals surface area contributed by atoms with Crippen molar-refractivity contribution >= 4 is 14.0 Å². The summed E-state index contributed by atoms with van der Waals surface area (Å²) in [6, 6.07) is 6.78. The van der Waals surface area contributed by atoms with Crippen LogP contribution in [0.4, 0.5) is 0 Å². The highest BCUT2D eigenvalue weighted by molar-refractivity contribution is 6.70. The lowest BCUT2D eigenvalue weighted by atomic mass is 9.55. The molecule has 0 radical (unpaired) electrons. The predicted molar refractivity (Wildman–Crippen MR) is 116 cm³/mol. The molecule has 2 saturated carbocycles. The van der Waals surface area contributed by atoms with Crippen molar-refractivity contribution in [3.05, 3.63) is 29.3 Å². The van der Waals surface area contributed by atoms with E-state index in [1.807, 2.05) is 7.11 Å². The zero-order valence-corrected chi connectivity index (χ0v) is 19.2. The molecule has 0 aliphatic heterocycles. The highest BCUT2D eigenvalue weighted by atomic mass is 28.4. The minimum atomic E-state index is -1.62.